The average molecular weight is 343 g/mol. The number of hydrogen-bond donors (Lipinski definition) is 1. The van der Waals surface area contributed by atoms with Crippen molar-refractivity contribution in [2.24, 2.45) is 5.92 Å². The number of aromatic amines is 1. The fourth-order valence-corrected chi connectivity index (χ4v) is 3.48. The lowest BCUT2D eigenvalue weighted by molar-refractivity contribution is -0.142. The van der Waals surface area contributed by atoms with E-state index in [1.54, 1.807) is 12.0 Å². The Kier molecular flexibility index (Phi) is 4.81. The Morgan fingerprint density at radius 3 is 2.68 bits per heavy atom. The molecule has 1 aliphatic heterocycles. The van der Waals surface area contributed by atoms with Crippen LogP contribution < -0.4 is 10.3 Å². The van der Waals surface area contributed by atoms with E-state index < -0.39 is 0 Å². The molecular formula is C19H25N3O3. The monoisotopic (exact) mass is 343 g/mol. The molecule has 1 atom stereocenters. The second-order valence-corrected chi connectivity index (χ2v) is 7.00. The van der Waals surface area contributed by atoms with Gasteiger partial charge in [-0.3, -0.25) is 14.5 Å². The van der Waals surface area contributed by atoms with Gasteiger partial charge in [0, 0.05) is 38.3 Å². The maximum absolute atomic E-state index is 12.5. The lowest BCUT2D eigenvalue weighted by atomic mass is 9.98. The number of benzene rings is 1. The Hall–Kier alpha value is -2.34. The summed E-state index contributed by atoms with van der Waals surface area (Å²) in [6.07, 6.45) is 0. The summed E-state index contributed by atoms with van der Waals surface area (Å²) in [5.74, 6) is 1.03. The summed E-state index contributed by atoms with van der Waals surface area (Å²) in [5, 5.41) is 0.956. The van der Waals surface area contributed by atoms with Crippen molar-refractivity contribution in [1.29, 1.82) is 0 Å². The first-order chi connectivity index (χ1) is 11.9. The predicted octanol–water partition coefficient (Wildman–Crippen LogP) is 1.84. The number of carbonyl (C=O) groups excluding carboxylic acids is 1. The smallest absolute Gasteiger partial charge is 0.252 e. The average Bonchev–Trinajstić information content (AvgIpc) is 2.58. The first kappa shape index (κ1) is 17.5. The Morgan fingerprint density at radius 1 is 1.24 bits per heavy atom. The minimum absolute atomic E-state index is 0.116. The molecule has 0 saturated carbocycles. The third kappa shape index (κ3) is 3.39. The number of H-pyrrole nitrogens is 1. The van der Waals surface area contributed by atoms with Gasteiger partial charge < -0.3 is 14.6 Å². The number of likely N-dealkylation sites (N-methyl/N-ethyl adjacent to an activating group) is 1. The van der Waals surface area contributed by atoms with Crippen molar-refractivity contribution in [3.05, 3.63) is 40.2 Å². The van der Waals surface area contributed by atoms with Crippen LogP contribution in [0, 0.1) is 5.92 Å². The number of methoxy groups -OCH3 is 1. The maximum Gasteiger partial charge on any atom is 0.252 e. The third-order valence-corrected chi connectivity index (χ3v) is 4.88. The summed E-state index contributed by atoms with van der Waals surface area (Å²) in [6, 6.07) is 7.35. The van der Waals surface area contributed by atoms with Crippen molar-refractivity contribution >= 4 is 16.8 Å². The molecule has 1 aromatic heterocycles. The summed E-state index contributed by atoms with van der Waals surface area (Å²) in [6.45, 7) is 6.02. The third-order valence-electron chi connectivity index (χ3n) is 4.88. The lowest BCUT2D eigenvalue weighted by Crippen LogP contribution is -2.57. The number of amides is 1. The van der Waals surface area contributed by atoms with Crippen LogP contribution in [0.2, 0.25) is 0 Å². The van der Waals surface area contributed by atoms with Crippen molar-refractivity contribution in [2.45, 2.75) is 26.4 Å². The fourth-order valence-electron chi connectivity index (χ4n) is 3.48. The molecule has 1 fully saturated rings. The van der Waals surface area contributed by atoms with Crippen molar-refractivity contribution in [1.82, 2.24) is 14.8 Å². The molecule has 2 aromatic rings. The van der Waals surface area contributed by atoms with Crippen LogP contribution in [0.3, 0.4) is 0 Å². The molecule has 1 N–H and O–H groups in total. The number of carbonyl (C=O) groups is 1. The summed E-state index contributed by atoms with van der Waals surface area (Å²) in [4.78, 5) is 31.9. The van der Waals surface area contributed by atoms with Gasteiger partial charge in [-0.05, 0) is 29.5 Å². The van der Waals surface area contributed by atoms with Crippen LogP contribution in [-0.4, -0.2) is 54.0 Å². The molecule has 0 aliphatic carbocycles. The van der Waals surface area contributed by atoms with Crippen LogP contribution in [0.25, 0.3) is 10.9 Å². The van der Waals surface area contributed by atoms with Crippen LogP contribution >= 0.6 is 0 Å². The molecule has 6 heteroatoms. The molecule has 1 aliphatic rings. The van der Waals surface area contributed by atoms with Gasteiger partial charge in [-0.15, -0.1) is 0 Å². The maximum atomic E-state index is 12.5. The van der Waals surface area contributed by atoms with E-state index in [1.165, 1.54) is 0 Å². The number of nitrogens with one attached hydrogen (secondary N) is 1. The minimum Gasteiger partial charge on any atom is -0.497 e. The minimum atomic E-state index is -0.190. The Bertz CT molecular complexity index is 843. The zero-order chi connectivity index (χ0) is 18.1. The molecule has 1 amide bonds. The Labute approximate surface area is 147 Å². The number of fused-ring (bicyclic) bond motifs is 1. The van der Waals surface area contributed by atoms with Crippen LogP contribution in [0.15, 0.2) is 29.1 Å². The van der Waals surface area contributed by atoms with E-state index in [-0.39, 0.29) is 23.4 Å². The molecule has 1 saturated heterocycles. The van der Waals surface area contributed by atoms with Gasteiger partial charge in [-0.2, -0.15) is 0 Å². The molecule has 2 heterocycles. The van der Waals surface area contributed by atoms with Gasteiger partial charge in [0.2, 0.25) is 5.91 Å². The van der Waals surface area contributed by atoms with Gasteiger partial charge in [0.05, 0.1) is 18.7 Å². The van der Waals surface area contributed by atoms with Crippen molar-refractivity contribution in [2.75, 3.05) is 27.2 Å². The van der Waals surface area contributed by atoms with Gasteiger partial charge in [0.15, 0.2) is 0 Å². The summed E-state index contributed by atoms with van der Waals surface area (Å²) in [5.41, 5.74) is 1.32. The molecule has 0 bridgehead atoms. The molecule has 25 heavy (non-hydrogen) atoms. The van der Waals surface area contributed by atoms with E-state index in [4.69, 9.17) is 4.74 Å². The van der Waals surface area contributed by atoms with Crippen LogP contribution in [0.4, 0.5) is 0 Å². The quantitative estimate of drug-likeness (QED) is 0.920. The van der Waals surface area contributed by atoms with Crippen LogP contribution in [-0.2, 0) is 11.3 Å². The molecule has 134 valence electrons. The number of nitrogens with zero attached hydrogens (tertiary/aromatic N) is 2. The molecule has 6 nitrogen and oxygen atoms in total. The second kappa shape index (κ2) is 6.88. The fraction of sp³-hybridized carbons (Fsp3) is 0.474. The number of aromatic nitrogens is 1. The van der Waals surface area contributed by atoms with Gasteiger partial charge in [0.25, 0.3) is 5.56 Å². The van der Waals surface area contributed by atoms with Gasteiger partial charge in [-0.25, -0.2) is 0 Å². The van der Waals surface area contributed by atoms with E-state index in [9.17, 15) is 9.59 Å². The normalized spacial score (nSPS) is 19.0. The van der Waals surface area contributed by atoms with Gasteiger partial charge in [-0.1, -0.05) is 13.8 Å². The topological polar surface area (TPSA) is 65.6 Å². The SMILES string of the molecule is COc1ccc2cc(CN3CCN(C)C(=O)C3C(C)C)c(=O)[nH]c2c1. The summed E-state index contributed by atoms with van der Waals surface area (Å²) >= 11 is 0. The van der Waals surface area contributed by atoms with E-state index in [2.05, 4.69) is 9.88 Å². The first-order valence-electron chi connectivity index (χ1n) is 8.59. The van der Waals surface area contributed by atoms with Gasteiger partial charge in [0.1, 0.15) is 5.75 Å². The highest BCUT2D eigenvalue weighted by atomic mass is 16.5. The summed E-state index contributed by atoms with van der Waals surface area (Å²) in [7, 11) is 3.44. The van der Waals surface area contributed by atoms with E-state index in [1.807, 2.05) is 45.2 Å². The van der Waals surface area contributed by atoms with E-state index in [0.29, 0.717) is 24.4 Å². The van der Waals surface area contributed by atoms with E-state index >= 15 is 0 Å². The molecule has 1 aromatic carbocycles. The highest BCUT2D eigenvalue weighted by Crippen LogP contribution is 2.22. The standard InChI is InChI=1S/C19H25N3O3/c1-12(2)17-19(24)21(3)7-8-22(17)11-14-9-13-5-6-15(25-4)10-16(13)20-18(14)23/h5-6,9-10,12,17H,7-8,11H2,1-4H3,(H,20,23). The highest BCUT2D eigenvalue weighted by Gasteiger charge is 2.35. The number of piperazine rings is 1. The Morgan fingerprint density at radius 2 is 2.00 bits per heavy atom. The molecule has 1 unspecified atom stereocenters. The zero-order valence-corrected chi connectivity index (χ0v) is 15.2. The molecular weight excluding hydrogens is 318 g/mol. The molecule has 3 rings (SSSR count). The highest BCUT2D eigenvalue weighted by molar-refractivity contribution is 5.83. The van der Waals surface area contributed by atoms with Gasteiger partial charge >= 0.3 is 0 Å². The number of pyridine rings is 1. The van der Waals surface area contributed by atoms with Crippen LogP contribution in [0.1, 0.15) is 19.4 Å². The number of hydrogen-bond acceptors (Lipinski definition) is 4. The number of ether oxygens (including phenoxy) is 1. The first-order valence-corrected chi connectivity index (χ1v) is 8.59. The summed E-state index contributed by atoms with van der Waals surface area (Å²) < 4.78 is 5.20. The largest absolute Gasteiger partial charge is 0.497 e. The number of rotatable bonds is 4. The van der Waals surface area contributed by atoms with Crippen molar-refractivity contribution in [3.63, 3.8) is 0 Å². The van der Waals surface area contributed by atoms with E-state index in [0.717, 1.165) is 17.4 Å². The molecule has 0 spiro atoms. The zero-order valence-electron chi connectivity index (χ0n) is 15.2. The molecule has 0 radical (unpaired) electrons. The lowest BCUT2D eigenvalue weighted by Gasteiger charge is -2.41. The van der Waals surface area contributed by atoms with Crippen LogP contribution in [0.5, 0.6) is 5.75 Å². The Balaban J connectivity index is 1.92. The van der Waals surface area contributed by atoms with Crippen molar-refractivity contribution < 1.29 is 9.53 Å². The predicted molar refractivity (Wildman–Crippen MR) is 97.8 cm³/mol. The van der Waals surface area contributed by atoms with Crippen molar-refractivity contribution in [3.8, 4) is 5.75 Å². The second-order valence-electron chi connectivity index (χ2n) is 7.00.